The Morgan fingerprint density at radius 1 is 1.33 bits per heavy atom. The Morgan fingerprint density at radius 2 is 2.19 bits per heavy atom. The lowest BCUT2D eigenvalue weighted by Crippen LogP contribution is -2.32. The number of anilines is 1. The van der Waals surface area contributed by atoms with Gasteiger partial charge in [0.2, 0.25) is 0 Å². The van der Waals surface area contributed by atoms with Crippen molar-refractivity contribution in [2.45, 2.75) is 6.42 Å². The third-order valence-corrected chi connectivity index (χ3v) is 5.84. The van der Waals surface area contributed by atoms with Gasteiger partial charge in [0.25, 0.3) is 5.91 Å². The molecule has 2 N–H and O–H groups in total. The number of thiophene rings is 1. The number of nitrogen functional groups attached to an aromatic ring is 1. The number of benzene rings is 1. The summed E-state index contributed by atoms with van der Waals surface area (Å²) >= 11 is 3.37. The molecular weight excluding hydrogens is 304 g/mol. The smallest absolute Gasteiger partial charge is 0.266 e. The summed E-state index contributed by atoms with van der Waals surface area (Å²) in [6, 6.07) is 5.74. The number of hydrogen-bond donors (Lipinski definition) is 1. The van der Waals surface area contributed by atoms with Crippen LogP contribution in [0.25, 0.3) is 10.1 Å². The molecule has 0 aliphatic carbocycles. The molecule has 0 unspecified atom stereocenters. The van der Waals surface area contributed by atoms with Crippen molar-refractivity contribution in [3.63, 3.8) is 0 Å². The van der Waals surface area contributed by atoms with Gasteiger partial charge in [0, 0.05) is 28.9 Å². The number of fused-ring (bicyclic) bond motifs is 1. The van der Waals surface area contributed by atoms with Gasteiger partial charge >= 0.3 is 0 Å². The molecule has 2 heterocycles. The SMILES string of the molecule is COc1ccc2c(N)c(C(=O)N3CCCSCC3)sc2c1. The first-order valence-electron chi connectivity index (χ1n) is 6.93. The van der Waals surface area contributed by atoms with E-state index in [0.717, 1.165) is 46.9 Å². The van der Waals surface area contributed by atoms with Crippen LogP contribution in [0.3, 0.4) is 0 Å². The molecule has 0 atom stereocenters. The Kier molecular flexibility index (Phi) is 4.26. The molecule has 1 aromatic carbocycles. The third kappa shape index (κ3) is 2.82. The summed E-state index contributed by atoms with van der Waals surface area (Å²) in [5, 5.41) is 0.938. The maximum absolute atomic E-state index is 12.7. The maximum atomic E-state index is 12.7. The van der Waals surface area contributed by atoms with E-state index in [1.54, 1.807) is 7.11 Å². The lowest BCUT2D eigenvalue weighted by molar-refractivity contribution is 0.0774. The monoisotopic (exact) mass is 322 g/mol. The van der Waals surface area contributed by atoms with Crippen molar-refractivity contribution in [2.24, 2.45) is 0 Å². The lowest BCUT2D eigenvalue weighted by atomic mass is 10.2. The van der Waals surface area contributed by atoms with Crippen LogP contribution < -0.4 is 10.5 Å². The van der Waals surface area contributed by atoms with E-state index in [4.69, 9.17) is 10.5 Å². The number of carbonyl (C=O) groups is 1. The molecule has 0 saturated carbocycles. The van der Waals surface area contributed by atoms with E-state index in [2.05, 4.69) is 0 Å². The molecular formula is C15H18N2O2S2. The van der Waals surface area contributed by atoms with E-state index in [-0.39, 0.29) is 5.91 Å². The lowest BCUT2D eigenvalue weighted by Gasteiger charge is -2.19. The van der Waals surface area contributed by atoms with Gasteiger partial charge in [0.1, 0.15) is 10.6 Å². The minimum Gasteiger partial charge on any atom is -0.497 e. The molecule has 1 fully saturated rings. The van der Waals surface area contributed by atoms with E-state index >= 15 is 0 Å². The number of thioether (sulfide) groups is 1. The minimum atomic E-state index is 0.0650. The Bertz CT molecular complexity index is 661. The zero-order valence-electron chi connectivity index (χ0n) is 11.9. The molecule has 0 spiro atoms. The zero-order chi connectivity index (χ0) is 14.8. The number of nitrogens with two attached hydrogens (primary N) is 1. The average molecular weight is 322 g/mol. The van der Waals surface area contributed by atoms with Gasteiger partial charge < -0.3 is 15.4 Å². The second-order valence-corrected chi connectivity index (χ2v) is 7.24. The van der Waals surface area contributed by atoms with Crippen LogP contribution in [0.4, 0.5) is 5.69 Å². The number of rotatable bonds is 2. The molecule has 1 aliphatic heterocycles. The number of carbonyl (C=O) groups excluding carboxylic acids is 1. The predicted molar refractivity (Wildman–Crippen MR) is 90.6 cm³/mol. The van der Waals surface area contributed by atoms with Crippen LogP contribution in [0.2, 0.25) is 0 Å². The molecule has 3 rings (SSSR count). The number of amides is 1. The van der Waals surface area contributed by atoms with Crippen LogP contribution in [-0.4, -0.2) is 42.5 Å². The highest BCUT2D eigenvalue weighted by Gasteiger charge is 2.23. The van der Waals surface area contributed by atoms with Gasteiger partial charge in [-0.2, -0.15) is 11.8 Å². The maximum Gasteiger partial charge on any atom is 0.266 e. The van der Waals surface area contributed by atoms with Crippen LogP contribution >= 0.6 is 23.1 Å². The van der Waals surface area contributed by atoms with Crippen LogP contribution in [0.15, 0.2) is 18.2 Å². The van der Waals surface area contributed by atoms with Crippen molar-refractivity contribution in [1.82, 2.24) is 4.90 Å². The number of ether oxygens (including phenoxy) is 1. The molecule has 6 heteroatoms. The van der Waals surface area contributed by atoms with Crippen molar-refractivity contribution in [2.75, 3.05) is 37.4 Å². The zero-order valence-corrected chi connectivity index (χ0v) is 13.6. The summed E-state index contributed by atoms with van der Waals surface area (Å²) in [4.78, 5) is 15.3. The third-order valence-electron chi connectivity index (χ3n) is 3.64. The molecule has 1 amide bonds. The van der Waals surface area contributed by atoms with Gasteiger partial charge in [-0.3, -0.25) is 4.79 Å². The molecule has 0 bridgehead atoms. The van der Waals surface area contributed by atoms with Crippen molar-refractivity contribution >= 4 is 44.8 Å². The van der Waals surface area contributed by atoms with E-state index in [1.807, 2.05) is 34.9 Å². The van der Waals surface area contributed by atoms with Gasteiger partial charge in [-0.05, 0) is 30.4 Å². The minimum absolute atomic E-state index is 0.0650. The highest BCUT2D eigenvalue weighted by Crippen LogP contribution is 2.36. The molecule has 21 heavy (non-hydrogen) atoms. The first-order chi connectivity index (χ1) is 10.2. The molecule has 4 nitrogen and oxygen atoms in total. The fourth-order valence-corrected chi connectivity index (χ4v) is 4.48. The summed E-state index contributed by atoms with van der Waals surface area (Å²) in [6.07, 6.45) is 1.05. The van der Waals surface area contributed by atoms with Crippen LogP contribution in [0, 0.1) is 0 Å². The molecule has 2 aromatic rings. The molecule has 1 aliphatic rings. The fraction of sp³-hybridized carbons (Fsp3) is 0.400. The van der Waals surface area contributed by atoms with Crippen molar-refractivity contribution in [1.29, 1.82) is 0 Å². The molecule has 112 valence electrons. The van der Waals surface area contributed by atoms with Gasteiger partial charge in [-0.1, -0.05) is 0 Å². The normalized spacial score (nSPS) is 16.0. The van der Waals surface area contributed by atoms with Crippen LogP contribution in [0.1, 0.15) is 16.1 Å². The van der Waals surface area contributed by atoms with Crippen LogP contribution in [0.5, 0.6) is 5.75 Å². The number of nitrogens with zero attached hydrogens (tertiary/aromatic N) is 1. The predicted octanol–water partition coefficient (Wildman–Crippen LogP) is 3.07. The Hall–Kier alpha value is -1.40. The fourth-order valence-electron chi connectivity index (χ4n) is 2.48. The largest absolute Gasteiger partial charge is 0.497 e. The van der Waals surface area contributed by atoms with E-state index in [1.165, 1.54) is 11.3 Å². The Labute approximate surface area is 132 Å². The van der Waals surface area contributed by atoms with Crippen molar-refractivity contribution < 1.29 is 9.53 Å². The van der Waals surface area contributed by atoms with E-state index in [9.17, 15) is 4.79 Å². The van der Waals surface area contributed by atoms with Crippen LogP contribution in [-0.2, 0) is 0 Å². The molecule has 0 radical (unpaired) electrons. The van der Waals surface area contributed by atoms with Gasteiger partial charge in [-0.15, -0.1) is 11.3 Å². The standard InChI is InChI=1S/C15H18N2O2S2/c1-19-10-3-4-11-12(9-10)21-14(13(11)16)15(18)17-5-2-7-20-8-6-17/h3-4,9H,2,5-8,16H2,1H3. The quantitative estimate of drug-likeness (QED) is 0.923. The highest BCUT2D eigenvalue weighted by atomic mass is 32.2. The topological polar surface area (TPSA) is 55.6 Å². The summed E-state index contributed by atoms with van der Waals surface area (Å²) in [5.41, 5.74) is 6.79. The number of methoxy groups -OCH3 is 1. The Morgan fingerprint density at radius 3 is 3.00 bits per heavy atom. The van der Waals surface area contributed by atoms with Gasteiger partial charge in [0.15, 0.2) is 0 Å². The van der Waals surface area contributed by atoms with Gasteiger partial charge in [-0.25, -0.2) is 0 Å². The summed E-state index contributed by atoms with van der Waals surface area (Å²) in [5.74, 6) is 2.98. The van der Waals surface area contributed by atoms with Crippen molar-refractivity contribution in [3.05, 3.63) is 23.1 Å². The highest BCUT2D eigenvalue weighted by molar-refractivity contribution is 7.99. The summed E-state index contributed by atoms with van der Waals surface area (Å²) in [6.45, 7) is 1.63. The molecule has 1 aromatic heterocycles. The average Bonchev–Trinajstić information content (AvgIpc) is 2.71. The summed E-state index contributed by atoms with van der Waals surface area (Å²) < 4.78 is 6.23. The second-order valence-electron chi connectivity index (χ2n) is 4.97. The first-order valence-corrected chi connectivity index (χ1v) is 8.91. The van der Waals surface area contributed by atoms with E-state index in [0.29, 0.717) is 10.6 Å². The Balaban J connectivity index is 1.95. The second kappa shape index (κ2) is 6.15. The van der Waals surface area contributed by atoms with Crippen molar-refractivity contribution in [3.8, 4) is 5.75 Å². The first kappa shape index (κ1) is 14.5. The number of hydrogen-bond acceptors (Lipinski definition) is 5. The van der Waals surface area contributed by atoms with E-state index < -0.39 is 0 Å². The summed E-state index contributed by atoms with van der Waals surface area (Å²) in [7, 11) is 1.64. The van der Waals surface area contributed by atoms with Gasteiger partial charge in [0.05, 0.1) is 12.8 Å². The molecule has 1 saturated heterocycles.